The van der Waals surface area contributed by atoms with Crippen LogP contribution in [0, 0.1) is 0 Å². The maximum Gasteiger partial charge on any atom is -0.00959 e. The number of rotatable bonds is 12. The van der Waals surface area contributed by atoms with Gasteiger partial charge in [-0.3, -0.25) is 0 Å². The van der Waals surface area contributed by atoms with Crippen molar-refractivity contribution < 1.29 is 0 Å². The van der Waals surface area contributed by atoms with Gasteiger partial charge in [-0.25, -0.2) is 0 Å². The van der Waals surface area contributed by atoms with E-state index in [1.807, 2.05) is 0 Å². The summed E-state index contributed by atoms with van der Waals surface area (Å²) in [4.78, 5) is 0. The molecule has 0 fully saturated rings. The highest BCUT2D eigenvalue weighted by Gasteiger charge is 2.16. The van der Waals surface area contributed by atoms with Crippen molar-refractivity contribution in [3.63, 3.8) is 0 Å². The standard InChI is InChI=1S/C36H48/c1-7-13-25-19-31-32(20-26(25)14-8-2)34-22-28(16-10-4)30(18-12-6)24-36(34)35-23-29(17-11-5)27(15-9-3)21-33(31)35/h19-24H,7-18H2,1-6H3. The minimum absolute atomic E-state index is 1.18. The molecule has 0 heteroatoms. The summed E-state index contributed by atoms with van der Waals surface area (Å²) in [6.45, 7) is 13.9. The highest BCUT2D eigenvalue weighted by molar-refractivity contribution is 6.26. The lowest BCUT2D eigenvalue weighted by Gasteiger charge is -2.20. The molecule has 4 aromatic carbocycles. The lowest BCUT2D eigenvalue weighted by Crippen LogP contribution is -2.00. The van der Waals surface area contributed by atoms with Gasteiger partial charge in [0.05, 0.1) is 0 Å². The highest BCUT2D eigenvalue weighted by atomic mass is 14.2. The fourth-order valence-electron chi connectivity index (χ4n) is 6.42. The van der Waals surface area contributed by atoms with Crippen LogP contribution in [-0.2, 0) is 38.5 Å². The first-order valence-electron chi connectivity index (χ1n) is 15.1. The molecule has 0 bridgehead atoms. The molecule has 4 aromatic rings. The van der Waals surface area contributed by atoms with Crippen LogP contribution in [0.1, 0.15) is 113 Å². The average molecular weight is 481 g/mol. The Morgan fingerprint density at radius 3 is 0.528 bits per heavy atom. The first-order valence-corrected chi connectivity index (χ1v) is 15.1. The Morgan fingerprint density at radius 1 is 0.278 bits per heavy atom. The van der Waals surface area contributed by atoms with E-state index in [1.165, 1.54) is 109 Å². The SMILES string of the molecule is CCCc1cc2c3cc(CCC)c(CCC)cc3c3cc(CCC)c(CCC)cc3c2cc1CCC. The second-order valence-electron chi connectivity index (χ2n) is 11.0. The van der Waals surface area contributed by atoms with E-state index in [0.717, 1.165) is 0 Å². The molecular weight excluding hydrogens is 432 g/mol. The van der Waals surface area contributed by atoms with Gasteiger partial charge in [0, 0.05) is 0 Å². The topological polar surface area (TPSA) is 0 Å². The van der Waals surface area contributed by atoms with Crippen molar-refractivity contribution >= 4 is 32.3 Å². The summed E-state index contributed by atoms with van der Waals surface area (Å²) < 4.78 is 0. The van der Waals surface area contributed by atoms with E-state index in [0.29, 0.717) is 0 Å². The molecule has 0 spiro atoms. The predicted octanol–water partition coefficient (Wildman–Crippen LogP) is 10.9. The van der Waals surface area contributed by atoms with Gasteiger partial charge in [-0.15, -0.1) is 0 Å². The minimum atomic E-state index is 1.18. The van der Waals surface area contributed by atoms with E-state index in [-0.39, 0.29) is 0 Å². The van der Waals surface area contributed by atoms with Crippen molar-refractivity contribution in [2.24, 2.45) is 0 Å². The molecule has 0 heterocycles. The third-order valence-electron chi connectivity index (χ3n) is 8.01. The van der Waals surface area contributed by atoms with Gasteiger partial charge in [-0.1, -0.05) is 116 Å². The number of benzene rings is 4. The van der Waals surface area contributed by atoms with Gasteiger partial charge in [0.1, 0.15) is 0 Å². The normalized spacial score (nSPS) is 11.8. The summed E-state index contributed by atoms with van der Waals surface area (Å²) in [6.07, 6.45) is 14.3. The van der Waals surface area contributed by atoms with Crippen molar-refractivity contribution in [1.82, 2.24) is 0 Å². The summed E-state index contributed by atoms with van der Waals surface area (Å²) in [5.74, 6) is 0. The Bertz CT molecular complexity index is 1040. The zero-order valence-corrected chi connectivity index (χ0v) is 23.9. The predicted molar refractivity (Wildman–Crippen MR) is 163 cm³/mol. The van der Waals surface area contributed by atoms with Gasteiger partial charge in [-0.2, -0.15) is 0 Å². The van der Waals surface area contributed by atoms with Crippen molar-refractivity contribution in [2.75, 3.05) is 0 Å². The molecule has 0 unspecified atom stereocenters. The Kier molecular flexibility index (Phi) is 9.10. The van der Waals surface area contributed by atoms with Gasteiger partial charge in [-0.05, 0) is 104 Å². The first kappa shape index (κ1) is 26.7. The fraction of sp³-hybridized carbons (Fsp3) is 0.500. The first-order chi connectivity index (χ1) is 17.6. The zero-order valence-electron chi connectivity index (χ0n) is 23.9. The Hall–Kier alpha value is -2.34. The van der Waals surface area contributed by atoms with Gasteiger partial charge in [0.2, 0.25) is 0 Å². The molecule has 0 saturated heterocycles. The summed E-state index contributed by atoms with van der Waals surface area (Å²) in [5, 5.41) is 8.87. The lowest BCUT2D eigenvalue weighted by molar-refractivity contribution is 0.862. The Morgan fingerprint density at radius 2 is 0.417 bits per heavy atom. The lowest BCUT2D eigenvalue weighted by atomic mass is 9.84. The van der Waals surface area contributed by atoms with Crippen molar-refractivity contribution in [1.29, 1.82) is 0 Å². The van der Waals surface area contributed by atoms with E-state index in [9.17, 15) is 0 Å². The van der Waals surface area contributed by atoms with Gasteiger partial charge in [0.25, 0.3) is 0 Å². The average Bonchev–Trinajstić information content (AvgIpc) is 2.87. The van der Waals surface area contributed by atoms with Crippen LogP contribution < -0.4 is 0 Å². The maximum atomic E-state index is 2.58. The van der Waals surface area contributed by atoms with E-state index < -0.39 is 0 Å². The maximum absolute atomic E-state index is 2.58. The zero-order chi connectivity index (χ0) is 25.7. The molecule has 0 aliphatic heterocycles. The van der Waals surface area contributed by atoms with Gasteiger partial charge >= 0.3 is 0 Å². The van der Waals surface area contributed by atoms with Crippen LogP contribution in [0.2, 0.25) is 0 Å². The van der Waals surface area contributed by atoms with E-state index in [2.05, 4.69) is 77.9 Å². The molecule has 0 N–H and O–H groups in total. The molecule has 0 amide bonds. The Balaban J connectivity index is 2.20. The van der Waals surface area contributed by atoms with Crippen LogP contribution in [0.25, 0.3) is 32.3 Å². The molecule has 0 nitrogen and oxygen atoms in total. The van der Waals surface area contributed by atoms with Crippen LogP contribution in [0.3, 0.4) is 0 Å². The molecule has 0 aliphatic rings. The van der Waals surface area contributed by atoms with Gasteiger partial charge in [0.15, 0.2) is 0 Å². The monoisotopic (exact) mass is 480 g/mol. The third kappa shape index (κ3) is 5.20. The quantitative estimate of drug-likeness (QED) is 0.177. The molecule has 36 heavy (non-hydrogen) atoms. The highest BCUT2D eigenvalue weighted by Crippen LogP contribution is 2.40. The molecule has 0 radical (unpaired) electrons. The van der Waals surface area contributed by atoms with Crippen molar-refractivity contribution in [3.8, 4) is 0 Å². The van der Waals surface area contributed by atoms with E-state index >= 15 is 0 Å². The van der Waals surface area contributed by atoms with Crippen LogP contribution in [-0.4, -0.2) is 0 Å². The second-order valence-corrected chi connectivity index (χ2v) is 11.0. The second kappa shape index (κ2) is 12.3. The molecule has 0 aromatic heterocycles. The van der Waals surface area contributed by atoms with Crippen LogP contribution >= 0.6 is 0 Å². The molecule has 0 aliphatic carbocycles. The minimum Gasteiger partial charge on any atom is -0.0651 e. The molecule has 0 atom stereocenters. The number of hydrogen-bond acceptors (Lipinski definition) is 0. The molecular formula is C36H48. The molecule has 4 rings (SSSR count). The number of hydrogen-bond donors (Lipinski definition) is 0. The number of fused-ring (bicyclic) bond motifs is 6. The summed E-state index contributed by atoms with van der Waals surface area (Å²) in [5.41, 5.74) is 9.41. The van der Waals surface area contributed by atoms with Gasteiger partial charge < -0.3 is 0 Å². The van der Waals surface area contributed by atoms with E-state index in [4.69, 9.17) is 0 Å². The summed E-state index contributed by atoms with van der Waals surface area (Å²) in [7, 11) is 0. The summed E-state index contributed by atoms with van der Waals surface area (Å²) in [6, 6.07) is 15.5. The van der Waals surface area contributed by atoms with E-state index in [1.54, 1.807) is 33.4 Å². The van der Waals surface area contributed by atoms with Crippen LogP contribution in [0.15, 0.2) is 36.4 Å². The smallest absolute Gasteiger partial charge is 0.00959 e. The number of aryl methyl sites for hydroxylation is 6. The molecule has 192 valence electrons. The Labute approximate surface area is 220 Å². The van der Waals surface area contributed by atoms with Crippen molar-refractivity contribution in [3.05, 3.63) is 69.8 Å². The third-order valence-corrected chi connectivity index (χ3v) is 8.01. The van der Waals surface area contributed by atoms with Crippen molar-refractivity contribution in [2.45, 2.75) is 119 Å². The fourth-order valence-corrected chi connectivity index (χ4v) is 6.42. The largest absolute Gasteiger partial charge is 0.0651 e. The van der Waals surface area contributed by atoms with Crippen LogP contribution in [0.4, 0.5) is 0 Å². The summed E-state index contributed by atoms with van der Waals surface area (Å²) >= 11 is 0. The van der Waals surface area contributed by atoms with Crippen LogP contribution in [0.5, 0.6) is 0 Å². The molecule has 0 saturated carbocycles.